The van der Waals surface area contributed by atoms with Gasteiger partial charge in [-0.15, -0.1) is 0 Å². The molecule has 2 amide bonds. The summed E-state index contributed by atoms with van der Waals surface area (Å²) in [4.78, 5) is 27.6. The first-order valence-electron chi connectivity index (χ1n) is 8.68. The lowest BCUT2D eigenvalue weighted by atomic mass is 10.0. The Morgan fingerprint density at radius 1 is 1.11 bits per heavy atom. The largest absolute Gasteiger partial charge is 0.416 e. The summed E-state index contributed by atoms with van der Waals surface area (Å²) >= 11 is 6.00. The maximum absolute atomic E-state index is 12.9. The van der Waals surface area contributed by atoms with Gasteiger partial charge in [-0.05, 0) is 24.1 Å². The molecule has 5 nitrogen and oxygen atoms in total. The minimum Gasteiger partial charge on any atom is -0.372 e. The molecular weight excluding hydrogens is 383 g/mol. The second kappa shape index (κ2) is 8.37. The number of nitrogens with zero attached hydrogens (tertiary/aromatic N) is 2. The van der Waals surface area contributed by atoms with Gasteiger partial charge in [-0.2, -0.15) is 13.2 Å². The number of amides is 2. The lowest BCUT2D eigenvalue weighted by molar-refractivity contribution is -0.139. The number of benzene rings is 1. The fourth-order valence-electron chi connectivity index (χ4n) is 2.93. The number of alkyl halides is 3. The Labute approximate surface area is 161 Å². The number of rotatable bonds is 4. The predicted octanol–water partition coefficient (Wildman–Crippen LogP) is 3.49. The molecule has 1 aliphatic heterocycles. The molecule has 1 heterocycles. The second-order valence-electron chi connectivity index (χ2n) is 6.89. The highest BCUT2D eigenvalue weighted by atomic mass is 35.5. The number of anilines is 1. The van der Waals surface area contributed by atoms with E-state index >= 15 is 0 Å². The van der Waals surface area contributed by atoms with E-state index in [1.807, 2.05) is 13.8 Å². The molecule has 1 unspecified atom stereocenters. The molecule has 1 atom stereocenters. The molecule has 0 spiro atoms. The molecule has 2 rings (SSSR count). The van der Waals surface area contributed by atoms with Crippen molar-refractivity contribution in [3.8, 4) is 0 Å². The van der Waals surface area contributed by atoms with E-state index in [4.69, 9.17) is 11.6 Å². The summed E-state index contributed by atoms with van der Waals surface area (Å²) in [6.45, 7) is 6.95. The average molecular weight is 406 g/mol. The van der Waals surface area contributed by atoms with E-state index in [1.54, 1.807) is 9.80 Å². The summed E-state index contributed by atoms with van der Waals surface area (Å²) in [6.07, 6.45) is -4.48. The zero-order valence-corrected chi connectivity index (χ0v) is 16.2. The van der Waals surface area contributed by atoms with Crippen LogP contribution in [0.4, 0.5) is 18.9 Å². The average Bonchev–Trinajstić information content (AvgIpc) is 2.59. The number of halogens is 4. The van der Waals surface area contributed by atoms with Crippen molar-refractivity contribution in [1.82, 2.24) is 9.80 Å². The van der Waals surface area contributed by atoms with Crippen molar-refractivity contribution >= 4 is 29.1 Å². The summed E-state index contributed by atoms with van der Waals surface area (Å²) in [5, 5.41) is 2.89. The lowest BCUT2D eigenvalue weighted by Crippen LogP contribution is -2.54. The van der Waals surface area contributed by atoms with Crippen LogP contribution in [0, 0.1) is 5.92 Å². The van der Waals surface area contributed by atoms with Gasteiger partial charge in [-0.1, -0.05) is 25.4 Å². The maximum atomic E-state index is 12.9. The van der Waals surface area contributed by atoms with Crippen molar-refractivity contribution in [2.75, 3.05) is 31.5 Å². The van der Waals surface area contributed by atoms with E-state index < -0.39 is 17.8 Å². The highest BCUT2D eigenvalue weighted by Crippen LogP contribution is 2.34. The van der Waals surface area contributed by atoms with E-state index in [9.17, 15) is 22.8 Å². The molecule has 1 aromatic rings. The number of carbonyl (C=O) groups excluding carboxylic acids is 2. The van der Waals surface area contributed by atoms with Gasteiger partial charge in [0.25, 0.3) is 0 Å². The van der Waals surface area contributed by atoms with Crippen molar-refractivity contribution in [2.24, 2.45) is 5.92 Å². The Bertz CT molecular complexity index is 702. The monoisotopic (exact) mass is 405 g/mol. The van der Waals surface area contributed by atoms with Crippen LogP contribution in [0.3, 0.4) is 0 Å². The smallest absolute Gasteiger partial charge is 0.372 e. The van der Waals surface area contributed by atoms with E-state index in [-0.39, 0.29) is 28.4 Å². The topological polar surface area (TPSA) is 52.7 Å². The van der Waals surface area contributed by atoms with E-state index in [0.717, 1.165) is 12.1 Å². The van der Waals surface area contributed by atoms with Gasteiger partial charge in [0.2, 0.25) is 11.8 Å². The molecule has 1 aromatic carbocycles. The van der Waals surface area contributed by atoms with Gasteiger partial charge in [-0.3, -0.25) is 9.59 Å². The number of hydrogen-bond donors (Lipinski definition) is 1. The normalized spacial score (nSPS) is 16.4. The molecule has 1 saturated heterocycles. The fraction of sp³-hybridized carbons (Fsp3) is 0.556. The number of piperazine rings is 1. The third-order valence-corrected chi connectivity index (χ3v) is 4.89. The van der Waals surface area contributed by atoms with E-state index in [2.05, 4.69) is 5.32 Å². The Hall–Kier alpha value is -1.96. The Balaban J connectivity index is 2.12. The maximum Gasteiger partial charge on any atom is 0.416 e. The van der Waals surface area contributed by atoms with E-state index in [0.29, 0.717) is 26.2 Å². The molecule has 0 bridgehead atoms. The standard InChI is InChI=1S/C18H23ClF3N3O2/c1-11(2)16(17(27)25-8-6-24(7-9-25)12(3)26)23-15-5-4-13(10-14(15)19)18(20,21)22/h4-5,10-11,16,23H,6-9H2,1-3H3. The Morgan fingerprint density at radius 2 is 1.67 bits per heavy atom. The molecule has 0 aliphatic carbocycles. The second-order valence-corrected chi connectivity index (χ2v) is 7.30. The third kappa shape index (κ3) is 5.28. The van der Waals surface area contributed by atoms with Crippen LogP contribution in [0.1, 0.15) is 26.3 Å². The number of carbonyl (C=O) groups is 2. The fourth-order valence-corrected chi connectivity index (χ4v) is 3.16. The molecule has 0 radical (unpaired) electrons. The summed E-state index contributed by atoms with van der Waals surface area (Å²) in [5.74, 6) is -0.303. The summed E-state index contributed by atoms with van der Waals surface area (Å²) < 4.78 is 38.3. The molecule has 1 N–H and O–H groups in total. The molecule has 150 valence electrons. The highest BCUT2D eigenvalue weighted by molar-refractivity contribution is 6.33. The van der Waals surface area contributed by atoms with Crippen molar-refractivity contribution in [1.29, 1.82) is 0 Å². The molecular formula is C18H23ClF3N3O2. The van der Waals surface area contributed by atoms with Crippen molar-refractivity contribution in [3.05, 3.63) is 28.8 Å². The van der Waals surface area contributed by atoms with Gasteiger partial charge in [0.1, 0.15) is 6.04 Å². The first-order chi connectivity index (χ1) is 12.5. The van der Waals surface area contributed by atoms with Crippen LogP contribution >= 0.6 is 11.6 Å². The van der Waals surface area contributed by atoms with Crippen LogP contribution in [-0.2, 0) is 15.8 Å². The van der Waals surface area contributed by atoms with E-state index in [1.165, 1.54) is 13.0 Å². The van der Waals surface area contributed by atoms with Gasteiger partial charge >= 0.3 is 6.18 Å². The summed E-state index contributed by atoms with van der Waals surface area (Å²) in [6, 6.07) is 2.38. The molecule has 1 fully saturated rings. The van der Waals surface area contributed by atoms with Crippen LogP contribution in [0.5, 0.6) is 0 Å². The van der Waals surface area contributed by atoms with Crippen LogP contribution in [0.15, 0.2) is 18.2 Å². The Morgan fingerprint density at radius 3 is 2.11 bits per heavy atom. The van der Waals surface area contributed by atoms with Crippen molar-refractivity contribution < 1.29 is 22.8 Å². The zero-order valence-electron chi connectivity index (χ0n) is 15.4. The highest BCUT2D eigenvalue weighted by Gasteiger charge is 2.33. The molecule has 0 aromatic heterocycles. The zero-order chi connectivity index (χ0) is 20.4. The molecule has 27 heavy (non-hydrogen) atoms. The van der Waals surface area contributed by atoms with Gasteiger partial charge in [0.15, 0.2) is 0 Å². The quantitative estimate of drug-likeness (QED) is 0.834. The summed E-state index contributed by atoms with van der Waals surface area (Å²) in [7, 11) is 0. The third-order valence-electron chi connectivity index (χ3n) is 4.58. The summed E-state index contributed by atoms with van der Waals surface area (Å²) in [5.41, 5.74) is -0.565. The molecule has 0 saturated carbocycles. The van der Waals surface area contributed by atoms with Gasteiger partial charge < -0.3 is 15.1 Å². The Kier molecular flexibility index (Phi) is 6.62. The van der Waals surface area contributed by atoms with Crippen LogP contribution in [-0.4, -0.2) is 53.8 Å². The van der Waals surface area contributed by atoms with Crippen molar-refractivity contribution in [3.63, 3.8) is 0 Å². The van der Waals surface area contributed by atoms with Crippen molar-refractivity contribution in [2.45, 2.75) is 33.0 Å². The van der Waals surface area contributed by atoms with Crippen LogP contribution < -0.4 is 5.32 Å². The molecule has 1 aliphatic rings. The first kappa shape index (κ1) is 21.3. The van der Waals surface area contributed by atoms with Gasteiger partial charge in [0.05, 0.1) is 16.3 Å². The number of hydrogen-bond acceptors (Lipinski definition) is 3. The first-order valence-corrected chi connectivity index (χ1v) is 9.06. The predicted molar refractivity (Wildman–Crippen MR) is 97.5 cm³/mol. The van der Waals surface area contributed by atoms with Gasteiger partial charge in [0, 0.05) is 33.1 Å². The SMILES string of the molecule is CC(=O)N1CCN(C(=O)C(Nc2ccc(C(F)(F)F)cc2Cl)C(C)C)CC1. The molecule has 9 heteroatoms. The minimum absolute atomic E-state index is 0.0304. The van der Waals surface area contributed by atoms with Gasteiger partial charge in [-0.25, -0.2) is 0 Å². The minimum atomic E-state index is -4.48. The lowest BCUT2D eigenvalue weighted by Gasteiger charge is -2.37. The van der Waals surface area contributed by atoms with Crippen LogP contribution in [0.2, 0.25) is 5.02 Å². The number of nitrogens with one attached hydrogen (secondary N) is 1. The van der Waals surface area contributed by atoms with Crippen LogP contribution in [0.25, 0.3) is 0 Å².